The molecule has 1 atom stereocenters. The summed E-state index contributed by atoms with van der Waals surface area (Å²) in [6.07, 6.45) is 4.99. The summed E-state index contributed by atoms with van der Waals surface area (Å²) in [5.41, 5.74) is 2.96. The van der Waals surface area contributed by atoms with Gasteiger partial charge in [0.15, 0.2) is 0 Å². The van der Waals surface area contributed by atoms with E-state index < -0.39 is 0 Å². The number of hydrogen-bond acceptors (Lipinski definition) is 4. The second kappa shape index (κ2) is 6.27. The molecule has 0 amide bonds. The van der Waals surface area contributed by atoms with Crippen molar-refractivity contribution in [3.05, 3.63) is 53.6 Å². The number of fused-ring (bicyclic) bond motifs is 3. The quantitative estimate of drug-likeness (QED) is 0.792. The summed E-state index contributed by atoms with van der Waals surface area (Å²) in [6.45, 7) is 4.74. The summed E-state index contributed by atoms with van der Waals surface area (Å²) >= 11 is 0. The summed E-state index contributed by atoms with van der Waals surface area (Å²) in [4.78, 5) is 2.08. The van der Waals surface area contributed by atoms with Gasteiger partial charge in [0.25, 0.3) is 0 Å². The molecule has 26 heavy (non-hydrogen) atoms. The Labute approximate surface area is 155 Å². The van der Waals surface area contributed by atoms with E-state index in [1.54, 1.807) is 0 Å². The Kier molecular flexibility index (Phi) is 4.06. The van der Waals surface area contributed by atoms with Crippen molar-refractivity contribution in [3.63, 3.8) is 0 Å². The van der Waals surface area contributed by atoms with Crippen molar-refractivity contribution in [2.24, 2.45) is 0 Å². The lowest BCUT2D eigenvalue weighted by Gasteiger charge is -2.32. The minimum absolute atomic E-state index is 0.0161. The number of rotatable bonds is 3. The Hall–Kier alpha value is -2.62. The van der Waals surface area contributed by atoms with E-state index in [0.717, 1.165) is 40.5 Å². The molecule has 0 aliphatic carbocycles. The van der Waals surface area contributed by atoms with Gasteiger partial charge >= 0.3 is 0 Å². The molecule has 0 saturated carbocycles. The molecule has 0 aromatic heterocycles. The highest BCUT2D eigenvalue weighted by Crippen LogP contribution is 2.44. The first kappa shape index (κ1) is 16.8. The third-order valence-corrected chi connectivity index (χ3v) is 4.82. The maximum absolute atomic E-state index is 6.29. The van der Waals surface area contributed by atoms with Crippen molar-refractivity contribution in [1.29, 1.82) is 0 Å². The molecule has 0 N–H and O–H groups in total. The maximum atomic E-state index is 6.29. The van der Waals surface area contributed by atoms with E-state index in [1.165, 1.54) is 0 Å². The van der Waals surface area contributed by atoms with Crippen LogP contribution in [0.4, 0.5) is 5.69 Å². The van der Waals surface area contributed by atoms with Crippen molar-refractivity contribution in [2.75, 3.05) is 25.6 Å². The van der Waals surface area contributed by atoms with E-state index in [-0.39, 0.29) is 11.7 Å². The van der Waals surface area contributed by atoms with Crippen LogP contribution >= 0.6 is 0 Å². The van der Waals surface area contributed by atoms with E-state index in [1.807, 2.05) is 32.3 Å². The highest BCUT2D eigenvalue weighted by molar-refractivity contribution is 5.69. The second-order valence-corrected chi connectivity index (χ2v) is 7.57. The van der Waals surface area contributed by atoms with Gasteiger partial charge in [0, 0.05) is 31.8 Å². The number of anilines is 1. The first-order valence-electron chi connectivity index (χ1n) is 9.05. The lowest BCUT2D eigenvalue weighted by Crippen LogP contribution is -2.28. The molecule has 2 aromatic carbocycles. The van der Waals surface area contributed by atoms with Crippen LogP contribution in [0.2, 0.25) is 0 Å². The first-order valence-corrected chi connectivity index (χ1v) is 9.05. The minimum Gasteiger partial charge on any atom is -0.492 e. The number of benzene rings is 2. The molecular formula is C22H25NO3. The normalized spacial score (nSPS) is 19.6. The Morgan fingerprint density at radius 3 is 2.58 bits per heavy atom. The standard InChI is InChI=1S/C22H25NO3/c1-22(2)13-11-18-20(26-22)10-9-17-19(12-14-24-21(17)18)25-16-7-5-15(6-8-16)23(3)4/h5-11,13,19H,12,14H2,1-4H3. The van der Waals surface area contributed by atoms with Crippen LogP contribution in [0.15, 0.2) is 42.5 Å². The zero-order valence-corrected chi connectivity index (χ0v) is 15.8. The van der Waals surface area contributed by atoms with Crippen molar-refractivity contribution >= 4 is 11.8 Å². The molecule has 0 saturated heterocycles. The van der Waals surface area contributed by atoms with Gasteiger partial charge in [0.05, 0.1) is 12.2 Å². The Morgan fingerprint density at radius 1 is 1.08 bits per heavy atom. The van der Waals surface area contributed by atoms with E-state index in [0.29, 0.717) is 6.61 Å². The van der Waals surface area contributed by atoms with Crippen molar-refractivity contribution in [3.8, 4) is 17.2 Å². The molecule has 136 valence electrons. The van der Waals surface area contributed by atoms with Gasteiger partial charge in [-0.05, 0) is 62.4 Å². The summed E-state index contributed by atoms with van der Waals surface area (Å²) in [5, 5.41) is 0. The molecule has 2 heterocycles. The van der Waals surface area contributed by atoms with Crippen LogP contribution in [-0.2, 0) is 0 Å². The van der Waals surface area contributed by atoms with Crippen molar-refractivity contribution in [2.45, 2.75) is 32.0 Å². The van der Waals surface area contributed by atoms with Gasteiger partial charge < -0.3 is 19.1 Å². The summed E-state index contributed by atoms with van der Waals surface area (Å²) in [5.74, 6) is 2.63. The molecule has 4 heteroatoms. The molecule has 2 aliphatic rings. The summed E-state index contributed by atoms with van der Waals surface area (Å²) < 4.78 is 18.3. The number of hydrogen-bond donors (Lipinski definition) is 0. The lowest BCUT2D eigenvalue weighted by atomic mass is 9.95. The Morgan fingerprint density at radius 2 is 1.85 bits per heavy atom. The van der Waals surface area contributed by atoms with Gasteiger partial charge in [-0.2, -0.15) is 0 Å². The van der Waals surface area contributed by atoms with Gasteiger partial charge in [-0.3, -0.25) is 0 Å². The van der Waals surface area contributed by atoms with Crippen molar-refractivity contribution < 1.29 is 14.2 Å². The summed E-state index contributed by atoms with van der Waals surface area (Å²) in [7, 11) is 4.06. The second-order valence-electron chi connectivity index (χ2n) is 7.57. The SMILES string of the molecule is CN(C)c1ccc(OC2CCOc3c2ccc2c3C=CC(C)(C)O2)cc1. The monoisotopic (exact) mass is 351 g/mol. The van der Waals surface area contributed by atoms with Crippen LogP contribution in [-0.4, -0.2) is 26.3 Å². The van der Waals surface area contributed by atoms with E-state index >= 15 is 0 Å². The molecule has 0 bridgehead atoms. The van der Waals surface area contributed by atoms with E-state index in [4.69, 9.17) is 14.2 Å². The molecule has 4 nitrogen and oxygen atoms in total. The highest BCUT2D eigenvalue weighted by atomic mass is 16.5. The van der Waals surface area contributed by atoms with Crippen LogP contribution in [0.5, 0.6) is 17.2 Å². The van der Waals surface area contributed by atoms with Gasteiger partial charge in [-0.15, -0.1) is 0 Å². The van der Waals surface area contributed by atoms with E-state index in [2.05, 4.69) is 49.1 Å². The van der Waals surface area contributed by atoms with Crippen LogP contribution in [0.1, 0.15) is 37.5 Å². The van der Waals surface area contributed by atoms with Crippen LogP contribution in [0.25, 0.3) is 6.08 Å². The largest absolute Gasteiger partial charge is 0.492 e. The Balaban J connectivity index is 1.62. The lowest BCUT2D eigenvalue weighted by molar-refractivity contribution is 0.131. The fourth-order valence-corrected chi connectivity index (χ4v) is 3.39. The third kappa shape index (κ3) is 3.12. The minimum atomic E-state index is -0.292. The van der Waals surface area contributed by atoms with Crippen LogP contribution in [0.3, 0.4) is 0 Å². The van der Waals surface area contributed by atoms with Gasteiger partial charge in [0.2, 0.25) is 0 Å². The fraction of sp³-hybridized carbons (Fsp3) is 0.364. The van der Waals surface area contributed by atoms with Crippen molar-refractivity contribution in [1.82, 2.24) is 0 Å². The zero-order valence-electron chi connectivity index (χ0n) is 15.8. The number of ether oxygens (including phenoxy) is 3. The predicted octanol–water partition coefficient (Wildman–Crippen LogP) is 4.84. The maximum Gasteiger partial charge on any atom is 0.137 e. The van der Waals surface area contributed by atoms with E-state index in [9.17, 15) is 0 Å². The molecule has 2 aromatic rings. The Bertz CT molecular complexity index is 837. The molecule has 2 aliphatic heterocycles. The molecule has 0 spiro atoms. The topological polar surface area (TPSA) is 30.9 Å². The molecule has 1 unspecified atom stereocenters. The van der Waals surface area contributed by atoms with Gasteiger partial charge in [-0.1, -0.05) is 0 Å². The summed E-state index contributed by atoms with van der Waals surface area (Å²) in [6, 6.07) is 12.3. The van der Waals surface area contributed by atoms with Gasteiger partial charge in [-0.25, -0.2) is 0 Å². The molecular weight excluding hydrogens is 326 g/mol. The first-order chi connectivity index (χ1) is 12.4. The third-order valence-electron chi connectivity index (χ3n) is 4.82. The van der Waals surface area contributed by atoms with Crippen LogP contribution < -0.4 is 19.1 Å². The predicted molar refractivity (Wildman–Crippen MR) is 104 cm³/mol. The molecule has 4 rings (SSSR count). The highest BCUT2D eigenvalue weighted by Gasteiger charge is 2.30. The molecule has 0 fully saturated rings. The van der Waals surface area contributed by atoms with Crippen LogP contribution in [0, 0.1) is 0 Å². The zero-order chi connectivity index (χ0) is 18.3. The average Bonchev–Trinajstić information content (AvgIpc) is 2.61. The smallest absolute Gasteiger partial charge is 0.137 e. The fourth-order valence-electron chi connectivity index (χ4n) is 3.39. The van der Waals surface area contributed by atoms with Gasteiger partial charge in [0.1, 0.15) is 29.0 Å². The molecule has 0 radical (unpaired) electrons. The number of nitrogens with zero attached hydrogens (tertiary/aromatic N) is 1. The average molecular weight is 351 g/mol.